The molecule has 2 heterocycles. The minimum absolute atomic E-state index is 0.0365. The van der Waals surface area contributed by atoms with Crippen LogP contribution in [0.15, 0.2) is 82.1 Å². The van der Waals surface area contributed by atoms with Gasteiger partial charge in [0.1, 0.15) is 17.1 Å². The van der Waals surface area contributed by atoms with Crippen molar-refractivity contribution >= 4 is 16.8 Å². The van der Waals surface area contributed by atoms with E-state index in [1.165, 1.54) is 25.4 Å². The smallest absolute Gasteiger partial charge is 0.343 e. The maximum atomic E-state index is 13.0. The van der Waals surface area contributed by atoms with Crippen LogP contribution in [0.1, 0.15) is 34.0 Å². The van der Waals surface area contributed by atoms with Gasteiger partial charge in [0.25, 0.3) is 5.69 Å². The molecule has 7 nitrogen and oxygen atoms in total. The molecule has 4 rings (SSSR count). The minimum atomic E-state index is -0.834. The van der Waals surface area contributed by atoms with Crippen LogP contribution < -0.4 is 15.1 Å². The first-order valence-corrected chi connectivity index (χ1v) is 9.59. The van der Waals surface area contributed by atoms with Gasteiger partial charge in [-0.1, -0.05) is 24.3 Å². The first-order valence-electron chi connectivity index (χ1n) is 9.59. The van der Waals surface area contributed by atoms with Crippen LogP contribution in [0.2, 0.25) is 0 Å². The summed E-state index contributed by atoms with van der Waals surface area (Å²) in [6.07, 6.45) is 1.02. The van der Waals surface area contributed by atoms with Crippen LogP contribution in [0.3, 0.4) is 0 Å². The quantitative estimate of drug-likeness (QED) is 0.223. The van der Waals surface area contributed by atoms with E-state index in [4.69, 9.17) is 9.15 Å². The highest BCUT2D eigenvalue weighted by atomic mass is 16.5. The molecule has 1 atom stereocenters. The molecule has 0 aliphatic rings. The normalized spacial score (nSPS) is 11.9. The van der Waals surface area contributed by atoms with E-state index >= 15 is 0 Å². The fraction of sp³-hybridized carbons (Fsp3) is 0.125. The van der Waals surface area contributed by atoms with Crippen LogP contribution >= 0.6 is 0 Å². The Morgan fingerprint density at radius 1 is 1.10 bits per heavy atom. The molecule has 1 N–H and O–H groups in total. The van der Waals surface area contributed by atoms with Crippen molar-refractivity contribution in [3.63, 3.8) is 0 Å². The van der Waals surface area contributed by atoms with E-state index in [1.807, 2.05) is 0 Å². The highest BCUT2D eigenvalue weighted by Gasteiger charge is 2.29. The number of methoxy groups -OCH3 is 1. The van der Waals surface area contributed by atoms with Gasteiger partial charge in [0.15, 0.2) is 6.20 Å². The van der Waals surface area contributed by atoms with Crippen LogP contribution in [0, 0.1) is 5.21 Å². The van der Waals surface area contributed by atoms with E-state index in [2.05, 4.69) is 0 Å². The van der Waals surface area contributed by atoms with E-state index in [0.717, 1.165) is 0 Å². The first kappa shape index (κ1) is 20.2. The van der Waals surface area contributed by atoms with Gasteiger partial charge < -0.3 is 19.5 Å². The number of pyridine rings is 1. The fourth-order valence-electron chi connectivity index (χ4n) is 3.61. The Morgan fingerprint density at radius 3 is 2.52 bits per heavy atom. The summed E-state index contributed by atoms with van der Waals surface area (Å²) in [6.45, 7) is 0. The summed E-state index contributed by atoms with van der Waals surface area (Å²) in [4.78, 5) is 25.8. The molecule has 156 valence electrons. The molecule has 4 aromatic rings. The number of nitrogens with zero attached hydrogens (tertiary/aromatic N) is 1. The van der Waals surface area contributed by atoms with Gasteiger partial charge in [-0.3, -0.25) is 4.79 Å². The predicted octanol–water partition coefficient (Wildman–Crippen LogP) is 3.55. The third-order valence-electron chi connectivity index (χ3n) is 5.19. The van der Waals surface area contributed by atoms with E-state index in [9.17, 15) is 19.9 Å². The van der Waals surface area contributed by atoms with Crippen LogP contribution in [0.25, 0.3) is 11.0 Å². The Bertz CT molecular complexity index is 1310. The van der Waals surface area contributed by atoms with Gasteiger partial charge in [0, 0.05) is 24.5 Å². The Kier molecular flexibility index (Phi) is 5.41. The molecule has 0 fully saturated rings. The summed E-state index contributed by atoms with van der Waals surface area (Å²) >= 11 is 0. The number of rotatable bonds is 6. The number of benzene rings is 2. The standard InChI is InChI=1S/C24H19NO6/c1-30-16-11-9-15(10-12-16)18(14-20(26)19-7-4-5-13-25(19)29)22-23(27)17-6-2-3-8-21(17)31-24(22)28/h2-13,18,27H,14H2,1H3/t18-/m1/s1. The summed E-state index contributed by atoms with van der Waals surface area (Å²) < 4.78 is 11.1. The van der Waals surface area contributed by atoms with E-state index in [0.29, 0.717) is 21.4 Å². The van der Waals surface area contributed by atoms with Gasteiger partial charge in [-0.05, 0) is 35.9 Å². The van der Waals surface area contributed by atoms with Gasteiger partial charge in [-0.25, -0.2) is 4.79 Å². The van der Waals surface area contributed by atoms with Crippen molar-refractivity contribution in [3.8, 4) is 11.5 Å². The highest BCUT2D eigenvalue weighted by Crippen LogP contribution is 2.37. The highest BCUT2D eigenvalue weighted by molar-refractivity contribution is 5.94. The number of carbonyl (C=O) groups is 1. The van der Waals surface area contributed by atoms with Gasteiger partial charge >= 0.3 is 5.63 Å². The van der Waals surface area contributed by atoms with E-state index in [-0.39, 0.29) is 29.0 Å². The van der Waals surface area contributed by atoms with Crippen molar-refractivity contribution in [2.45, 2.75) is 12.3 Å². The average Bonchev–Trinajstić information content (AvgIpc) is 2.78. The number of hydrogen-bond acceptors (Lipinski definition) is 6. The molecule has 0 aliphatic heterocycles. The second-order valence-corrected chi connectivity index (χ2v) is 7.01. The lowest BCUT2D eigenvalue weighted by atomic mass is 9.86. The summed E-state index contributed by atoms with van der Waals surface area (Å²) in [6, 6.07) is 18.0. The number of aromatic hydroxyl groups is 1. The van der Waals surface area contributed by atoms with Crippen molar-refractivity contribution in [1.29, 1.82) is 0 Å². The second-order valence-electron chi connectivity index (χ2n) is 7.01. The molecule has 7 heteroatoms. The van der Waals surface area contributed by atoms with Crippen LogP contribution in [-0.2, 0) is 0 Å². The second kappa shape index (κ2) is 8.31. The Balaban J connectivity index is 1.87. The van der Waals surface area contributed by atoms with Crippen molar-refractivity contribution in [2.75, 3.05) is 7.11 Å². The van der Waals surface area contributed by atoms with Crippen molar-refractivity contribution in [1.82, 2.24) is 0 Å². The van der Waals surface area contributed by atoms with Gasteiger partial charge in [0.2, 0.25) is 5.78 Å². The lowest BCUT2D eigenvalue weighted by molar-refractivity contribution is -0.607. The molecule has 0 saturated carbocycles. The largest absolute Gasteiger partial charge is 0.618 e. The predicted molar refractivity (Wildman–Crippen MR) is 113 cm³/mol. The molecule has 0 unspecified atom stereocenters. The minimum Gasteiger partial charge on any atom is -0.618 e. The topological polar surface area (TPSA) is 104 Å². The molecule has 31 heavy (non-hydrogen) atoms. The molecule has 0 bridgehead atoms. The zero-order chi connectivity index (χ0) is 22.0. The third kappa shape index (κ3) is 3.85. The maximum Gasteiger partial charge on any atom is 0.343 e. The lowest BCUT2D eigenvalue weighted by Gasteiger charge is -2.18. The number of aromatic nitrogens is 1. The van der Waals surface area contributed by atoms with Gasteiger partial charge in [-0.2, -0.15) is 4.73 Å². The summed E-state index contributed by atoms with van der Waals surface area (Å²) in [7, 11) is 1.53. The Labute approximate surface area is 177 Å². The lowest BCUT2D eigenvalue weighted by Crippen LogP contribution is -2.34. The number of carbonyl (C=O) groups excluding carboxylic acids is 1. The van der Waals surface area contributed by atoms with Crippen LogP contribution in [0.4, 0.5) is 0 Å². The number of ether oxygens (including phenoxy) is 1. The number of para-hydroxylation sites is 1. The third-order valence-corrected chi connectivity index (χ3v) is 5.19. The number of fused-ring (bicyclic) bond motifs is 1. The zero-order valence-corrected chi connectivity index (χ0v) is 16.6. The Morgan fingerprint density at radius 2 is 1.81 bits per heavy atom. The molecule has 0 aliphatic carbocycles. The molecule has 2 aromatic heterocycles. The van der Waals surface area contributed by atoms with Crippen molar-refractivity contribution < 1.29 is 23.8 Å². The molecule has 0 saturated heterocycles. The zero-order valence-electron chi connectivity index (χ0n) is 16.6. The molecule has 2 aromatic carbocycles. The number of Topliss-reactive ketones (excluding diaryl/α,β-unsaturated/α-hetero) is 1. The molecule has 0 radical (unpaired) electrons. The molecular formula is C24H19NO6. The molecule has 0 spiro atoms. The fourth-order valence-corrected chi connectivity index (χ4v) is 3.61. The monoisotopic (exact) mass is 417 g/mol. The van der Waals surface area contributed by atoms with Gasteiger partial charge in [-0.15, -0.1) is 0 Å². The van der Waals surface area contributed by atoms with E-state index < -0.39 is 17.3 Å². The Hall–Kier alpha value is -4.13. The van der Waals surface area contributed by atoms with Crippen LogP contribution in [0.5, 0.6) is 11.5 Å². The van der Waals surface area contributed by atoms with Crippen molar-refractivity contribution in [3.05, 3.63) is 105 Å². The molecule has 0 amide bonds. The molecular weight excluding hydrogens is 398 g/mol. The van der Waals surface area contributed by atoms with Crippen LogP contribution in [-0.4, -0.2) is 18.0 Å². The average molecular weight is 417 g/mol. The number of ketones is 1. The summed E-state index contributed by atoms with van der Waals surface area (Å²) in [5.74, 6) is -0.949. The summed E-state index contributed by atoms with van der Waals surface area (Å²) in [5, 5.41) is 23.4. The van der Waals surface area contributed by atoms with Crippen molar-refractivity contribution in [2.24, 2.45) is 0 Å². The summed E-state index contributed by atoms with van der Waals surface area (Å²) in [5.41, 5.74) is 0.0126. The number of hydrogen-bond donors (Lipinski definition) is 1. The van der Waals surface area contributed by atoms with Gasteiger partial charge in [0.05, 0.1) is 18.1 Å². The SMILES string of the molecule is COc1ccc([C@@H](CC(=O)c2cccc[n+]2[O-])c2c(O)c3ccccc3oc2=O)cc1. The van der Waals surface area contributed by atoms with E-state index in [1.54, 1.807) is 54.6 Å². The first-order chi connectivity index (χ1) is 15.0. The maximum absolute atomic E-state index is 13.0.